The number of anilines is 1. The summed E-state index contributed by atoms with van der Waals surface area (Å²) in [7, 11) is 0. The Morgan fingerprint density at radius 2 is 1.84 bits per heavy atom. The Morgan fingerprint density at radius 3 is 2.47 bits per heavy atom. The third-order valence-corrected chi connectivity index (χ3v) is 3.73. The summed E-state index contributed by atoms with van der Waals surface area (Å²) in [5, 5.41) is 2.95. The van der Waals surface area contributed by atoms with Crippen molar-refractivity contribution in [1.29, 1.82) is 0 Å². The van der Waals surface area contributed by atoms with Crippen LogP contribution in [0.5, 0.6) is 0 Å². The van der Waals surface area contributed by atoms with Gasteiger partial charge in [-0.15, -0.1) is 0 Å². The van der Waals surface area contributed by atoms with Crippen LogP contribution >= 0.6 is 15.9 Å². The van der Waals surface area contributed by atoms with E-state index in [0.29, 0.717) is 0 Å². The van der Waals surface area contributed by atoms with Gasteiger partial charge in [0.15, 0.2) is 0 Å². The zero-order valence-electron chi connectivity index (χ0n) is 11.0. The number of carbonyl (C=O) groups excluding carboxylic acids is 1. The summed E-state index contributed by atoms with van der Waals surface area (Å²) < 4.78 is 0.904. The van der Waals surface area contributed by atoms with Crippen LogP contribution in [0.25, 0.3) is 0 Å². The van der Waals surface area contributed by atoms with E-state index in [1.807, 2.05) is 62.4 Å². The van der Waals surface area contributed by atoms with Crippen LogP contribution in [0.3, 0.4) is 0 Å². The van der Waals surface area contributed by atoms with Crippen molar-refractivity contribution in [2.24, 2.45) is 0 Å². The molecule has 0 aliphatic carbocycles. The molecule has 1 N–H and O–H groups in total. The predicted molar refractivity (Wildman–Crippen MR) is 82.4 cm³/mol. The first-order valence-electron chi connectivity index (χ1n) is 6.20. The van der Waals surface area contributed by atoms with E-state index >= 15 is 0 Å². The first-order chi connectivity index (χ1) is 9.08. The number of halogens is 1. The topological polar surface area (TPSA) is 29.1 Å². The number of hydrogen-bond donors (Lipinski definition) is 1. The van der Waals surface area contributed by atoms with Gasteiger partial charge in [0.1, 0.15) is 0 Å². The molecule has 0 bridgehead atoms. The van der Waals surface area contributed by atoms with Gasteiger partial charge in [-0.3, -0.25) is 4.79 Å². The normalized spacial score (nSPS) is 11.9. The molecule has 0 saturated carbocycles. The molecule has 1 amide bonds. The lowest BCUT2D eigenvalue weighted by molar-refractivity contribution is -0.117. The smallest absolute Gasteiger partial charge is 0.231 e. The van der Waals surface area contributed by atoms with Crippen molar-refractivity contribution in [2.75, 3.05) is 5.32 Å². The van der Waals surface area contributed by atoms with Crippen LogP contribution in [-0.2, 0) is 4.79 Å². The van der Waals surface area contributed by atoms with E-state index in [1.54, 1.807) is 0 Å². The number of nitrogens with one attached hydrogen (secondary N) is 1. The highest BCUT2D eigenvalue weighted by molar-refractivity contribution is 9.10. The highest BCUT2D eigenvalue weighted by Crippen LogP contribution is 2.25. The molecule has 2 aromatic carbocycles. The minimum absolute atomic E-state index is 0.00393. The Morgan fingerprint density at radius 1 is 1.16 bits per heavy atom. The van der Waals surface area contributed by atoms with Crippen molar-refractivity contribution in [3.05, 3.63) is 64.1 Å². The van der Waals surface area contributed by atoms with Crippen LogP contribution < -0.4 is 5.32 Å². The summed E-state index contributed by atoms with van der Waals surface area (Å²) in [6.07, 6.45) is 0. The molecule has 3 heteroatoms. The van der Waals surface area contributed by atoms with Gasteiger partial charge in [0.05, 0.1) is 11.6 Å². The first-order valence-corrected chi connectivity index (χ1v) is 6.99. The van der Waals surface area contributed by atoms with E-state index in [-0.39, 0.29) is 11.8 Å². The number of amides is 1. The van der Waals surface area contributed by atoms with Crippen LogP contribution in [0.1, 0.15) is 24.0 Å². The molecule has 1 unspecified atom stereocenters. The molecule has 2 nitrogen and oxygen atoms in total. The Kier molecular flexibility index (Phi) is 4.38. The summed E-state index contributed by atoms with van der Waals surface area (Å²) in [6.45, 7) is 3.93. The molecule has 0 aromatic heterocycles. The predicted octanol–water partition coefficient (Wildman–Crippen LogP) is 4.50. The van der Waals surface area contributed by atoms with Crippen LogP contribution in [-0.4, -0.2) is 5.91 Å². The molecular weight excluding hydrogens is 302 g/mol. The summed E-state index contributed by atoms with van der Waals surface area (Å²) in [5.41, 5.74) is 2.97. The Bertz CT molecular complexity index is 581. The Labute approximate surface area is 122 Å². The second kappa shape index (κ2) is 6.02. The lowest BCUT2D eigenvalue weighted by Gasteiger charge is -2.13. The monoisotopic (exact) mass is 317 g/mol. The second-order valence-electron chi connectivity index (χ2n) is 4.60. The number of carbonyl (C=O) groups is 1. The van der Waals surface area contributed by atoms with Gasteiger partial charge in [0, 0.05) is 4.47 Å². The van der Waals surface area contributed by atoms with Gasteiger partial charge in [-0.05, 0) is 53.0 Å². The van der Waals surface area contributed by atoms with Crippen molar-refractivity contribution < 1.29 is 4.79 Å². The van der Waals surface area contributed by atoms with E-state index in [9.17, 15) is 4.79 Å². The quantitative estimate of drug-likeness (QED) is 0.887. The molecule has 0 aliphatic rings. The number of aryl methyl sites for hydroxylation is 1. The van der Waals surface area contributed by atoms with Gasteiger partial charge in [0.2, 0.25) is 5.91 Å². The van der Waals surface area contributed by atoms with E-state index in [0.717, 1.165) is 21.3 Å². The number of hydrogen-bond acceptors (Lipinski definition) is 1. The highest BCUT2D eigenvalue weighted by Gasteiger charge is 2.15. The van der Waals surface area contributed by atoms with Gasteiger partial charge in [-0.25, -0.2) is 0 Å². The molecule has 0 spiro atoms. The van der Waals surface area contributed by atoms with Crippen LogP contribution in [0.2, 0.25) is 0 Å². The fourth-order valence-corrected chi connectivity index (χ4v) is 2.45. The Hall–Kier alpha value is -1.61. The summed E-state index contributed by atoms with van der Waals surface area (Å²) in [4.78, 5) is 12.2. The van der Waals surface area contributed by atoms with Crippen molar-refractivity contribution >= 4 is 27.5 Å². The third-order valence-electron chi connectivity index (χ3n) is 3.08. The van der Waals surface area contributed by atoms with E-state index in [2.05, 4.69) is 21.2 Å². The largest absolute Gasteiger partial charge is 0.325 e. The molecule has 19 heavy (non-hydrogen) atoms. The van der Waals surface area contributed by atoms with Gasteiger partial charge in [-0.1, -0.05) is 36.4 Å². The maximum absolute atomic E-state index is 12.2. The number of rotatable bonds is 3. The molecule has 0 fully saturated rings. The fourth-order valence-electron chi connectivity index (χ4n) is 1.86. The van der Waals surface area contributed by atoms with Gasteiger partial charge >= 0.3 is 0 Å². The van der Waals surface area contributed by atoms with Crippen molar-refractivity contribution in [3.8, 4) is 0 Å². The molecule has 2 aromatic rings. The average Bonchev–Trinajstić information content (AvgIpc) is 2.42. The SMILES string of the molecule is Cc1ccc(NC(=O)C(C)c2ccccc2)c(Br)c1. The lowest BCUT2D eigenvalue weighted by Crippen LogP contribution is -2.19. The van der Waals surface area contributed by atoms with Crippen molar-refractivity contribution in [1.82, 2.24) is 0 Å². The third kappa shape index (κ3) is 3.44. The van der Waals surface area contributed by atoms with Gasteiger partial charge in [0.25, 0.3) is 0 Å². The zero-order valence-corrected chi connectivity index (χ0v) is 12.6. The van der Waals surface area contributed by atoms with Gasteiger partial charge in [-0.2, -0.15) is 0 Å². The zero-order chi connectivity index (χ0) is 13.8. The molecular formula is C16H16BrNO. The summed E-state index contributed by atoms with van der Waals surface area (Å²) in [5.74, 6) is -0.176. The number of benzene rings is 2. The van der Waals surface area contributed by atoms with Crippen LogP contribution in [0.15, 0.2) is 53.0 Å². The second-order valence-corrected chi connectivity index (χ2v) is 5.46. The van der Waals surface area contributed by atoms with E-state index < -0.39 is 0 Å². The molecule has 0 aliphatic heterocycles. The van der Waals surface area contributed by atoms with Crippen molar-refractivity contribution in [2.45, 2.75) is 19.8 Å². The molecule has 98 valence electrons. The maximum Gasteiger partial charge on any atom is 0.231 e. The average molecular weight is 318 g/mol. The van der Waals surface area contributed by atoms with Crippen molar-refractivity contribution in [3.63, 3.8) is 0 Å². The minimum atomic E-state index is -0.172. The summed E-state index contributed by atoms with van der Waals surface area (Å²) in [6, 6.07) is 15.7. The molecule has 1 atom stereocenters. The molecule has 2 rings (SSSR count). The fraction of sp³-hybridized carbons (Fsp3) is 0.188. The van der Waals surface area contributed by atoms with E-state index in [4.69, 9.17) is 0 Å². The van der Waals surface area contributed by atoms with Crippen LogP contribution in [0, 0.1) is 6.92 Å². The summed E-state index contributed by atoms with van der Waals surface area (Å²) >= 11 is 3.47. The first kappa shape index (κ1) is 13.8. The molecule has 0 radical (unpaired) electrons. The highest BCUT2D eigenvalue weighted by atomic mass is 79.9. The Balaban J connectivity index is 2.13. The van der Waals surface area contributed by atoms with Crippen LogP contribution in [0.4, 0.5) is 5.69 Å². The van der Waals surface area contributed by atoms with Gasteiger partial charge < -0.3 is 5.32 Å². The standard InChI is InChI=1S/C16H16BrNO/c1-11-8-9-15(14(17)10-11)18-16(19)12(2)13-6-4-3-5-7-13/h3-10,12H,1-2H3,(H,18,19). The lowest BCUT2D eigenvalue weighted by atomic mass is 10.0. The van der Waals surface area contributed by atoms with E-state index in [1.165, 1.54) is 0 Å². The maximum atomic E-state index is 12.2. The minimum Gasteiger partial charge on any atom is -0.325 e. The molecule has 0 saturated heterocycles. The molecule has 0 heterocycles.